The van der Waals surface area contributed by atoms with Crippen molar-refractivity contribution in [1.82, 2.24) is 10.2 Å². The summed E-state index contributed by atoms with van der Waals surface area (Å²) in [5.41, 5.74) is 0.309. The van der Waals surface area contributed by atoms with Crippen LogP contribution in [-0.2, 0) is 4.79 Å². The summed E-state index contributed by atoms with van der Waals surface area (Å²) in [5, 5.41) is 3.39. The van der Waals surface area contributed by atoms with Crippen LogP contribution in [0.1, 0.15) is 32.1 Å². The summed E-state index contributed by atoms with van der Waals surface area (Å²) in [7, 11) is 0. The maximum Gasteiger partial charge on any atom is 0.226 e. The molecule has 2 aliphatic heterocycles. The smallest absolute Gasteiger partial charge is 0.226 e. The lowest BCUT2D eigenvalue weighted by atomic mass is 9.91. The maximum atomic E-state index is 12.9. The first-order chi connectivity index (χ1) is 11.7. The molecule has 4 rings (SSSR count). The van der Waals surface area contributed by atoms with Gasteiger partial charge in [-0.3, -0.25) is 4.79 Å². The molecule has 2 heterocycles. The zero-order valence-electron chi connectivity index (χ0n) is 14.0. The van der Waals surface area contributed by atoms with Gasteiger partial charge >= 0.3 is 0 Å². The quantitative estimate of drug-likeness (QED) is 0.925. The number of ether oxygens (including phenoxy) is 1. The number of halogens is 1. The summed E-state index contributed by atoms with van der Waals surface area (Å²) in [6.07, 6.45) is 5.20. The van der Waals surface area contributed by atoms with Crippen LogP contribution < -0.4 is 10.1 Å². The van der Waals surface area contributed by atoms with E-state index in [0.717, 1.165) is 58.3 Å². The Morgan fingerprint density at radius 3 is 2.50 bits per heavy atom. The fraction of sp³-hybridized carbons (Fsp3) is 0.632. The molecule has 1 atom stereocenters. The van der Waals surface area contributed by atoms with Crippen molar-refractivity contribution < 1.29 is 13.9 Å². The minimum atomic E-state index is -0.251. The molecule has 0 unspecified atom stereocenters. The molecule has 5 heteroatoms. The van der Waals surface area contributed by atoms with E-state index in [1.54, 1.807) is 12.1 Å². The standard InChI is InChI=1S/C19H25FN2O2/c20-14-1-3-15(4-2-14)24-16-5-11-22(12-6-16)18(23)17-13-19(17)7-9-21-10-8-19/h1-4,16-17,21H,5-13H2/t17-/m1/s1. The van der Waals surface area contributed by atoms with Crippen molar-refractivity contribution in [3.8, 4) is 5.75 Å². The summed E-state index contributed by atoms with van der Waals surface area (Å²) in [5.74, 6) is 1.07. The molecular weight excluding hydrogens is 307 g/mol. The Bertz CT molecular complexity index is 590. The molecule has 130 valence electrons. The van der Waals surface area contributed by atoms with Gasteiger partial charge in [0, 0.05) is 31.8 Å². The molecule has 24 heavy (non-hydrogen) atoms. The lowest BCUT2D eigenvalue weighted by Gasteiger charge is -2.33. The molecule has 2 saturated heterocycles. The number of nitrogens with zero attached hydrogens (tertiary/aromatic N) is 1. The van der Waals surface area contributed by atoms with Crippen molar-refractivity contribution in [2.24, 2.45) is 11.3 Å². The van der Waals surface area contributed by atoms with Gasteiger partial charge in [0.15, 0.2) is 0 Å². The number of carbonyl (C=O) groups excluding carboxylic acids is 1. The molecule has 1 N–H and O–H groups in total. The van der Waals surface area contributed by atoms with Gasteiger partial charge in [0.2, 0.25) is 5.91 Å². The topological polar surface area (TPSA) is 41.6 Å². The zero-order valence-corrected chi connectivity index (χ0v) is 14.0. The van der Waals surface area contributed by atoms with E-state index in [2.05, 4.69) is 5.32 Å². The van der Waals surface area contributed by atoms with Crippen molar-refractivity contribution in [3.05, 3.63) is 30.1 Å². The largest absolute Gasteiger partial charge is 0.490 e. The highest BCUT2D eigenvalue weighted by Crippen LogP contribution is 2.59. The summed E-state index contributed by atoms with van der Waals surface area (Å²) in [6.45, 7) is 3.65. The van der Waals surface area contributed by atoms with Gasteiger partial charge in [0.1, 0.15) is 17.7 Å². The second-order valence-electron chi connectivity index (χ2n) is 7.47. The monoisotopic (exact) mass is 332 g/mol. The second kappa shape index (κ2) is 6.36. The highest BCUT2D eigenvalue weighted by molar-refractivity contribution is 5.82. The first kappa shape index (κ1) is 15.9. The van der Waals surface area contributed by atoms with Gasteiger partial charge in [-0.25, -0.2) is 4.39 Å². The molecule has 3 aliphatic rings. The Morgan fingerprint density at radius 1 is 1.17 bits per heavy atom. The minimum absolute atomic E-state index is 0.117. The maximum absolute atomic E-state index is 12.9. The van der Waals surface area contributed by atoms with E-state index in [0.29, 0.717) is 17.1 Å². The first-order valence-electron chi connectivity index (χ1n) is 9.08. The van der Waals surface area contributed by atoms with Gasteiger partial charge < -0.3 is 15.0 Å². The van der Waals surface area contributed by atoms with E-state index in [-0.39, 0.29) is 17.8 Å². The number of hydrogen-bond acceptors (Lipinski definition) is 3. The Labute approximate surface area is 142 Å². The van der Waals surface area contributed by atoms with Gasteiger partial charge in [-0.2, -0.15) is 0 Å². The molecule has 1 aromatic carbocycles. The number of nitrogens with one attached hydrogen (secondary N) is 1. The van der Waals surface area contributed by atoms with Crippen LogP contribution >= 0.6 is 0 Å². The van der Waals surface area contributed by atoms with Crippen molar-refractivity contribution in [3.63, 3.8) is 0 Å². The fourth-order valence-corrected chi connectivity index (χ4v) is 4.29. The third kappa shape index (κ3) is 3.14. The molecule has 0 bridgehead atoms. The number of benzene rings is 1. The summed E-state index contributed by atoms with van der Waals surface area (Å²) < 4.78 is 18.8. The number of hydrogen-bond donors (Lipinski definition) is 1. The van der Waals surface area contributed by atoms with Crippen LogP contribution in [0.3, 0.4) is 0 Å². The third-order valence-electron chi connectivity index (χ3n) is 5.96. The van der Waals surface area contributed by atoms with E-state index in [1.165, 1.54) is 12.1 Å². The second-order valence-corrected chi connectivity index (χ2v) is 7.47. The third-order valence-corrected chi connectivity index (χ3v) is 5.96. The predicted octanol–water partition coefficient (Wildman–Crippen LogP) is 2.59. The average Bonchev–Trinajstić information content (AvgIpc) is 3.30. The lowest BCUT2D eigenvalue weighted by molar-refractivity contribution is -0.135. The van der Waals surface area contributed by atoms with Crippen molar-refractivity contribution in [1.29, 1.82) is 0 Å². The molecule has 1 saturated carbocycles. The highest BCUT2D eigenvalue weighted by Gasteiger charge is 2.58. The Hall–Kier alpha value is -1.62. The van der Waals surface area contributed by atoms with Gasteiger partial charge in [-0.15, -0.1) is 0 Å². The molecular formula is C19H25FN2O2. The van der Waals surface area contributed by atoms with Crippen LogP contribution in [0.4, 0.5) is 4.39 Å². The SMILES string of the molecule is O=C([C@H]1CC12CCNCC2)N1CCC(Oc2ccc(F)cc2)CC1. The van der Waals surface area contributed by atoms with Crippen molar-refractivity contribution in [2.75, 3.05) is 26.2 Å². The van der Waals surface area contributed by atoms with E-state index < -0.39 is 0 Å². The Morgan fingerprint density at radius 2 is 1.83 bits per heavy atom. The zero-order chi connectivity index (χ0) is 16.6. The number of carbonyl (C=O) groups is 1. The molecule has 1 aliphatic carbocycles. The molecule has 1 spiro atoms. The van der Waals surface area contributed by atoms with Crippen molar-refractivity contribution >= 4 is 5.91 Å². The van der Waals surface area contributed by atoms with Crippen LogP contribution in [0.15, 0.2) is 24.3 Å². The molecule has 1 aromatic rings. The number of piperidine rings is 2. The number of likely N-dealkylation sites (tertiary alicyclic amines) is 1. The summed E-state index contributed by atoms with van der Waals surface area (Å²) in [6, 6.07) is 6.16. The van der Waals surface area contributed by atoms with Crippen LogP contribution in [0, 0.1) is 17.2 Å². The summed E-state index contributed by atoms with van der Waals surface area (Å²) in [4.78, 5) is 14.8. The van der Waals surface area contributed by atoms with Gasteiger partial charge in [-0.1, -0.05) is 0 Å². The van der Waals surface area contributed by atoms with Gasteiger partial charge in [0.25, 0.3) is 0 Å². The molecule has 1 amide bonds. The van der Waals surface area contributed by atoms with E-state index >= 15 is 0 Å². The normalized spacial score (nSPS) is 26.4. The van der Waals surface area contributed by atoms with E-state index in [1.807, 2.05) is 4.90 Å². The first-order valence-corrected chi connectivity index (χ1v) is 9.08. The van der Waals surface area contributed by atoms with Gasteiger partial charge in [0.05, 0.1) is 0 Å². The van der Waals surface area contributed by atoms with Crippen LogP contribution in [0.25, 0.3) is 0 Å². The number of amides is 1. The summed E-state index contributed by atoms with van der Waals surface area (Å²) >= 11 is 0. The number of rotatable bonds is 3. The predicted molar refractivity (Wildman–Crippen MR) is 89.3 cm³/mol. The molecule has 3 fully saturated rings. The Kier molecular flexibility index (Phi) is 4.21. The van der Waals surface area contributed by atoms with Crippen LogP contribution in [-0.4, -0.2) is 43.1 Å². The minimum Gasteiger partial charge on any atom is -0.490 e. The molecule has 0 radical (unpaired) electrons. The van der Waals surface area contributed by atoms with E-state index in [9.17, 15) is 9.18 Å². The molecule has 0 aromatic heterocycles. The highest BCUT2D eigenvalue weighted by atomic mass is 19.1. The average molecular weight is 332 g/mol. The van der Waals surface area contributed by atoms with Crippen LogP contribution in [0.2, 0.25) is 0 Å². The molecule has 4 nitrogen and oxygen atoms in total. The van der Waals surface area contributed by atoms with E-state index in [4.69, 9.17) is 4.74 Å². The van der Waals surface area contributed by atoms with Gasteiger partial charge in [-0.05, 0) is 62.0 Å². The van der Waals surface area contributed by atoms with Crippen molar-refractivity contribution in [2.45, 2.75) is 38.2 Å². The lowest BCUT2D eigenvalue weighted by Crippen LogP contribution is -2.43. The fourth-order valence-electron chi connectivity index (χ4n) is 4.29. The van der Waals surface area contributed by atoms with Crippen LogP contribution in [0.5, 0.6) is 5.75 Å². The Balaban J connectivity index is 1.27.